The summed E-state index contributed by atoms with van der Waals surface area (Å²) < 4.78 is 0. The smallest absolute Gasteiger partial charge is 0.151 e. The molecule has 26 heavy (non-hydrogen) atoms. The molecule has 0 saturated heterocycles. The molecule has 0 saturated carbocycles. The van der Waals surface area contributed by atoms with Gasteiger partial charge in [-0.25, -0.2) is 0 Å². The van der Waals surface area contributed by atoms with Crippen LogP contribution in [0.3, 0.4) is 0 Å². The molecule has 0 aromatic heterocycles. The molecular weight excluding hydrogens is 324 g/mol. The zero-order chi connectivity index (χ0) is 19.9. The minimum atomic E-state index is -1.16. The van der Waals surface area contributed by atoms with Gasteiger partial charge in [-0.05, 0) is 42.9 Å². The van der Waals surface area contributed by atoms with Crippen LogP contribution in [0.2, 0.25) is 0 Å². The fraction of sp³-hybridized carbons (Fsp3) is 0.957. The lowest BCUT2D eigenvalue weighted by Gasteiger charge is -2.25. The van der Waals surface area contributed by atoms with E-state index in [9.17, 15) is 4.79 Å². The highest BCUT2D eigenvalue weighted by atomic mass is 16.5. The van der Waals surface area contributed by atoms with Gasteiger partial charge in [-0.1, -0.05) is 85.5 Å². The van der Waals surface area contributed by atoms with E-state index in [1.165, 1.54) is 70.6 Å². The lowest BCUT2D eigenvalue weighted by atomic mass is 9.82. The van der Waals surface area contributed by atoms with Crippen LogP contribution in [0.4, 0.5) is 0 Å². The van der Waals surface area contributed by atoms with Gasteiger partial charge in [-0.2, -0.15) is 0 Å². The number of aliphatic hydroxyl groups is 2. The maximum absolute atomic E-state index is 10.5. The summed E-state index contributed by atoms with van der Waals surface area (Å²) in [6, 6.07) is 0. The highest BCUT2D eigenvalue weighted by Gasteiger charge is 2.18. The Morgan fingerprint density at radius 2 is 1.04 bits per heavy atom. The summed E-state index contributed by atoms with van der Waals surface area (Å²) in [6.07, 6.45) is 17.3. The highest BCUT2D eigenvalue weighted by Crippen LogP contribution is 2.30. The van der Waals surface area contributed by atoms with Crippen molar-refractivity contribution < 1.29 is 15.0 Å². The van der Waals surface area contributed by atoms with E-state index in [2.05, 4.69) is 27.7 Å². The number of carbonyl (C=O) groups is 1. The second-order valence-corrected chi connectivity index (χ2v) is 9.74. The normalized spacial score (nSPS) is 12.7. The van der Waals surface area contributed by atoms with E-state index in [1.807, 2.05) is 0 Å². The van der Waals surface area contributed by atoms with Crippen LogP contribution in [0.1, 0.15) is 124 Å². The number of carbonyl (C=O) groups excluding carboxylic acids is 1. The second-order valence-electron chi connectivity index (χ2n) is 9.74. The number of aldehydes is 1. The standard InChI is InChI=1S/C23H46O3/c1-22(2,18-14-20-24)16-12-10-8-6-5-7-9-11-13-17-23(3,4)19-15-21(25)26/h20-21,25-26H,5-19H2,1-4H3. The van der Waals surface area contributed by atoms with Crippen molar-refractivity contribution in [2.75, 3.05) is 0 Å². The van der Waals surface area contributed by atoms with Crippen LogP contribution in [-0.4, -0.2) is 22.8 Å². The van der Waals surface area contributed by atoms with Crippen LogP contribution in [0.5, 0.6) is 0 Å². The number of hydrogen-bond acceptors (Lipinski definition) is 3. The minimum absolute atomic E-state index is 0.225. The van der Waals surface area contributed by atoms with Crippen molar-refractivity contribution in [2.24, 2.45) is 10.8 Å². The van der Waals surface area contributed by atoms with Crippen molar-refractivity contribution in [3.63, 3.8) is 0 Å². The molecule has 0 aliphatic rings. The third-order valence-corrected chi connectivity index (χ3v) is 5.73. The summed E-state index contributed by atoms with van der Waals surface area (Å²) in [5.41, 5.74) is 0.549. The highest BCUT2D eigenvalue weighted by molar-refractivity contribution is 5.49. The van der Waals surface area contributed by atoms with Crippen LogP contribution < -0.4 is 0 Å². The molecule has 0 heterocycles. The molecule has 2 N–H and O–H groups in total. The van der Waals surface area contributed by atoms with Gasteiger partial charge in [0, 0.05) is 6.42 Å². The van der Waals surface area contributed by atoms with Gasteiger partial charge < -0.3 is 15.0 Å². The van der Waals surface area contributed by atoms with Crippen molar-refractivity contribution in [3.05, 3.63) is 0 Å². The Labute approximate surface area is 163 Å². The quantitative estimate of drug-likeness (QED) is 0.167. The van der Waals surface area contributed by atoms with Crippen molar-refractivity contribution in [1.29, 1.82) is 0 Å². The van der Waals surface area contributed by atoms with E-state index in [1.54, 1.807) is 0 Å². The first-order chi connectivity index (χ1) is 12.2. The largest absolute Gasteiger partial charge is 0.368 e. The van der Waals surface area contributed by atoms with Crippen molar-refractivity contribution in [3.8, 4) is 0 Å². The molecule has 0 bridgehead atoms. The fourth-order valence-corrected chi connectivity index (χ4v) is 3.66. The second kappa shape index (κ2) is 14.6. The molecule has 0 amide bonds. The molecular formula is C23H46O3. The fourth-order valence-electron chi connectivity index (χ4n) is 3.66. The molecule has 0 aliphatic heterocycles. The van der Waals surface area contributed by atoms with Gasteiger partial charge in [0.1, 0.15) is 6.29 Å². The summed E-state index contributed by atoms with van der Waals surface area (Å²) in [7, 11) is 0. The molecule has 0 atom stereocenters. The van der Waals surface area contributed by atoms with Crippen LogP contribution in [0.15, 0.2) is 0 Å². The van der Waals surface area contributed by atoms with Gasteiger partial charge in [0.15, 0.2) is 6.29 Å². The summed E-state index contributed by atoms with van der Waals surface area (Å²) in [5.74, 6) is 0. The molecule has 0 aliphatic carbocycles. The van der Waals surface area contributed by atoms with Gasteiger partial charge in [-0.3, -0.25) is 0 Å². The molecule has 3 heteroatoms. The molecule has 156 valence electrons. The predicted octanol–water partition coefficient (Wildman–Crippen LogP) is 6.40. The molecule has 0 spiro atoms. The summed E-state index contributed by atoms with van der Waals surface area (Å²) in [5, 5.41) is 18.0. The Kier molecular flexibility index (Phi) is 14.4. The number of unbranched alkanes of at least 4 members (excludes halogenated alkanes) is 8. The van der Waals surface area contributed by atoms with Crippen molar-refractivity contribution in [1.82, 2.24) is 0 Å². The van der Waals surface area contributed by atoms with Gasteiger partial charge in [0.05, 0.1) is 0 Å². The molecule has 0 fully saturated rings. The monoisotopic (exact) mass is 370 g/mol. The third-order valence-electron chi connectivity index (χ3n) is 5.73. The van der Waals surface area contributed by atoms with Crippen LogP contribution in [0.25, 0.3) is 0 Å². The Morgan fingerprint density at radius 1 is 0.654 bits per heavy atom. The Balaban J connectivity index is 3.42. The lowest BCUT2D eigenvalue weighted by molar-refractivity contribution is -0.108. The third kappa shape index (κ3) is 17.0. The lowest BCUT2D eigenvalue weighted by Crippen LogP contribution is -2.15. The topological polar surface area (TPSA) is 57.5 Å². The molecule has 0 aromatic rings. The summed E-state index contributed by atoms with van der Waals surface area (Å²) in [6.45, 7) is 9.03. The van der Waals surface area contributed by atoms with Gasteiger partial charge in [0.2, 0.25) is 0 Å². The zero-order valence-corrected chi connectivity index (χ0v) is 18.1. The SMILES string of the molecule is CC(C)(CCC=O)CCCCCCCCCCCC(C)(C)CCC(O)O. The first kappa shape index (κ1) is 25.6. The Bertz CT molecular complexity index is 334. The summed E-state index contributed by atoms with van der Waals surface area (Å²) in [4.78, 5) is 10.5. The number of hydrogen-bond donors (Lipinski definition) is 2. The van der Waals surface area contributed by atoms with E-state index < -0.39 is 6.29 Å². The zero-order valence-electron chi connectivity index (χ0n) is 18.1. The first-order valence-electron chi connectivity index (χ1n) is 11.0. The maximum atomic E-state index is 10.5. The summed E-state index contributed by atoms with van der Waals surface area (Å²) >= 11 is 0. The molecule has 3 nitrogen and oxygen atoms in total. The van der Waals surface area contributed by atoms with Gasteiger partial charge >= 0.3 is 0 Å². The van der Waals surface area contributed by atoms with Crippen molar-refractivity contribution >= 4 is 6.29 Å². The average Bonchev–Trinajstić information content (AvgIpc) is 2.56. The van der Waals surface area contributed by atoms with E-state index >= 15 is 0 Å². The maximum Gasteiger partial charge on any atom is 0.151 e. The Hall–Kier alpha value is -0.410. The van der Waals surface area contributed by atoms with Gasteiger partial charge in [0.25, 0.3) is 0 Å². The van der Waals surface area contributed by atoms with E-state index in [0.29, 0.717) is 18.3 Å². The van der Waals surface area contributed by atoms with Gasteiger partial charge in [-0.15, -0.1) is 0 Å². The number of aliphatic hydroxyl groups excluding tert-OH is 1. The minimum Gasteiger partial charge on any atom is -0.368 e. The Morgan fingerprint density at radius 3 is 1.42 bits per heavy atom. The molecule has 0 radical (unpaired) electrons. The average molecular weight is 371 g/mol. The van der Waals surface area contributed by atoms with E-state index in [4.69, 9.17) is 10.2 Å². The van der Waals surface area contributed by atoms with Crippen LogP contribution in [0, 0.1) is 10.8 Å². The van der Waals surface area contributed by atoms with E-state index in [0.717, 1.165) is 19.1 Å². The number of rotatable bonds is 18. The van der Waals surface area contributed by atoms with E-state index in [-0.39, 0.29) is 5.41 Å². The molecule has 0 rings (SSSR count). The van der Waals surface area contributed by atoms with Crippen LogP contribution >= 0.6 is 0 Å². The molecule has 0 aromatic carbocycles. The molecule has 0 unspecified atom stereocenters. The first-order valence-corrected chi connectivity index (χ1v) is 11.0. The van der Waals surface area contributed by atoms with Crippen molar-refractivity contribution in [2.45, 2.75) is 130 Å². The predicted molar refractivity (Wildman–Crippen MR) is 111 cm³/mol. The van der Waals surface area contributed by atoms with Crippen LogP contribution in [-0.2, 0) is 4.79 Å².